The van der Waals surface area contributed by atoms with E-state index in [9.17, 15) is 9.50 Å². The highest BCUT2D eigenvalue weighted by Gasteiger charge is 2.26. The molecule has 0 saturated carbocycles. The molecule has 134 valence electrons. The second-order valence-corrected chi connectivity index (χ2v) is 7.14. The lowest BCUT2D eigenvalue weighted by Gasteiger charge is -2.36. The van der Waals surface area contributed by atoms with Gasteiger partial charge in [0, 0.05) is 25.7 Å². The average Bonchev–Trinajstić information content (AvgIpc) is 2.57. The van der Waals surface area contributed by atoms with E-state index in [0.717, 1.165) is 45.2 Å². The molecule has 1 fully saturated rings. The van der Waals surface area contributed by atoms with Crippen molar-refractivity contribution in [1.82, 2.24) is 10.2 Å². The molecule has 1 heterocycles. The predicted molar refractivity (Wildman–Crippen MR) is 92.6 cm³/mol. The molecule has 24 heavy (non-hydrogen) atoms. The summed E-state index contributed by atoms with van der Waals surface area (Å²) in [5, 5.41) is 13.6. The maximum absolute atomic E-state index is 13.4. The fraction of sp³-hybridized carbons (Fsp3) is 0.684. The second kappa shape index (κ2) is 8.39. The van der Waals surface area contributed by atoms with E-state index in [1.165, 1.54) is 11.1 Å². The fourth-order valence-electron chi connectivity index (χ4n) is 4.07. The zero-order valence-corrected chi connectivity index (χ0v) is 14.5. The minimum Gasteiger partial charge on any atom is -0.389 e. The van der Waals surface area contributed by atoms with E-state index in [-0.39, 0.29) is 5.82 Å². The molecule has 0 amide bonds. The minimum absolute atomic E-state index is 0.127. The van der Waals surface area contributed by atoms with Gasteiger partial charge in [0.15, 0.2) is 0 Å². The maximum atomic E-state index is 13.4. The van der Waals surface area contributed by atoms with Crippen LogP contribution in [0.1, 0.15) is 42.9 Å². The van der Waals surface area contributed by atoms with Gasteiger partial charge in [-0.2, -0.15) is 0 Å². The van der Waals surface area contributed by atoms with Crippen LogP contribution in [0.15, 0.2) is 18.2 Å². The number of β-amino-alcohol motifs (C(OH)–C–C–N with tert-alkyl or cyclic N) is 1. The first-order valence-electron chi connectivity index (χ1n) is 9.09. The first-order chi connectivity index (χ1) is 11.7. The molecule has 1 aromatic carbocycles. The fourth-order valence-corrected chi connectivity index (χ4v) is 4.07. The van der Waals surface area contributed by atoms with Crippen molar-refractivity contribution >= 4 is 0 Å². The molecule has 0 unspecified atom stereocenters. The summed E-state index contributed by atoms with van der Waals surface area (Å²) in [6.07, 6.45) is 5.02. The van der Waals surface area contributed by atoms with Crippen molar-refractivity contribution in [3.05, 3.63) is 35.1 Å². The Bertz CT molecular complexity index is 532. The van der Waals surface area contributed by atoms with Gasteiger partial charge in [0.1, 0.15) is 5.82 Å². The molecular formula is C19H29FN2O2. The number of ether oxygens (including phenoxy) is 1. The van der Waals surface area contributed by atoms with Crippen molar-refractivity contribution in [2.24, 2.45) is 0 Å². The van der Waals surface area contributed by atoms with Crippen LogP contribution in [-0.2, 0) is 11.2 Å². The van der Waals surface area contributed by atoms with Crippen molar-refractivity contribution in [3.63, 3.8) is 0 Å². The summed E-state index contributed by atoms with van der Waals surface area (Å²) in [4.78, 5) is 2.31. The Balaban J connectivity index is 1.50. The third-order valence-electron chi connectivity index (χ3n) is 5.27. The van der Waals surface area contributed by atoms with E-state index in [2.05, 4.69) is 10.2 Å². The quantitative estimate of drug-likeness (QED) is 0.836. The molecule has 5 heteroatoms. The number of aryl methyl sites for hydroxylation is 1. The second-order valence-electron chi connectivity index (χ2n) is 7.14. The maximum Gasteiger partial charge on any atom is 0.123 e. The molecule has 0 radical (unpaired) electrons. The summed E-state index contributed by atoms with van der Waals surface area (Å²) in [6.45, 7) is 3.09. The number of aliphatic hydroxyl groups is 1. The SMILES string of the molecule is COC[C@H](O)CN1CCC(N[C@@H]2CCCc3cc(F)ccc32)CC1. The Kier molecular flexibility index (Phi) is 6.22. The summed E-state index contributed by atoms with van der Waals surface area (Å²) in [6, 6.07) is 6.09. The smallest absolute Gasteiger partial charge is 0.123 e. The normalized spacial score (nSPS) is 23.9. The molecule has 3 rings (SSSR count). The average molecular weight is 336 g/mol. The van der Waals surface area contributed by atoms with Gasteiger partial charge < -0.3 is 20.1 Å². The molecule has 1 aliphatic heterocycles. The predicted octanol–water partition coefficient (Wildman–Crippen LogP) is 2.26. The summed E-state index contributed by atoms with van der Waals surface area (Å²) >= 11 is 0. The van der Waals surface area contributed by atoms with Gasteiger partial charge in [0.05, 0.1) is 12.7 Å². The van der Waals surface area contributed by atoms with Crippen LogP contribution in [-0.4, -0.2) is 55.5 Å². The number of halogens is 1. The van der Waals surface area contributed by atoms with E-state index >= 15 is 0 Å². The first-order valence-corrected chi connectivity index (χ1v) is 9.09. The molecule has 1 aliphatic carbocycles. The number of fused-ring (bicyclic) bond motifs is 1. The van der Waals surface area contributed by atoms with E-state index in [1.54, 1.807) is 19.2 Å². The van der Waals surface area contributed by atoms with Gasteiger partial charge in [-0.3, -0.25) is 0 Å². The third-order valence-corrected chi connectivity index (χ3v) is 5.27. The highest BCUT2D eigenvalue weighted by Crippen LogP contribution is 2.31. The van der Waals surface area contributed by atoms with Crippen LogP contribution in [0.5, 0.6) is 0 Å². The summed E-state index contributed by atoms with van der Waals surface area (Å²) in [7, 11) is 1.62. The molecule has 1 saturated heterocycles. The molecule has 0 aromatic heterocycles. The summed E-state index contributed by atoms with van der Waals surface area (Å²) in [5.41, 5.74) is 2.44. The molecule has 2 atom stereocenters. The van der Waals surface area contributed by atoms with E-state index in [4.69, 9.17) is 4.74 Å². The van der Waals surface area contributed by atoms with Crippen LogP contribution in [0.3, 0.4) is 0 Å². The highest BCUT2D eigenvalue weighted by molar-refractivity contribution is 5.33. The van der Waals surface area contributed by atoms with Crippen molar-refractivity contribution < 1.29 is 14.2 Å². The first kappa shape index (κ1) is 17.8. The van der Waals surface area contributed by atoms with Crippen molar-refractivity contribution in [2.75, 3.05) is 33.4 Å². The van der Waals surface area contributed by atoms with E-state index in [1.807, 2.05) is 6.07 Å². The number of aliphatic hydroxyl groups excluding tert-OH is 1. The highest BCUT2D eigenvalue weighted by atomic mass is 19.1. The number of methoxy groups -OCH3 is 1. The van der Waals surface area contributed by atoms with Crippen molar-refractivity contribution in [2.45, 2.75) is 50.3 Å². The topological polar surface area (TPSA) is 44.7 Å². The Labute approximate surface area is 144 Å². The van der Waals surface area contributed by atoms with Gasteiger partial charge in [-0.1, -0.05) is 6.07 Å². The number of hydrogen-bond acceptors (Lipinski definition) is 4. The standard InChI is InChI=1S/C19H29FN2O2/c1-24-13-17(23)12-22-9-7-16(8-10-22)21-19-4-2-3-14-11-15(20)5-6-18(14)19/h5-6,11,16-17,19,21,23H,2-4,7-10,12-13H2,1H3/t17-,19-/m1/s1. The molecular weight excluding hydrogens is 307 g/mol. The Morgan fingerprint density at radius 2 is 2.12 bits per heavy atom. The van der Waals surface area contributed by atoms with Crippen LogP contribution < -0.4 is 5.32 Å². The van der Waals surface area contributed by atoms with Gasteiger partial charge in [0.25, 0.3) is 0 Å². The van der Waals surface area contributed by atoms with Gasteiger partial charge in [0.2, 0.25) is 0 Å². The van der Waals surface area contributed by atoms with Crippen molar-refractivity contribution in [1.29, 1.82) is 0 Å². The zero-order chi connectivity index (χ0) is 16.9. The van der Waals surface area contributed by atoms with Crippen LogP contribution in [0.25, 0.3) is 0 Å². The lowest BCUT2D eigenvalue weighted by molar-refractivity contribution is 0.0306. The number of benzene rings is 1. The van der Waals surface area contributed by atoms with Gasteiger partial charge >= 0.3 is 0 Å². The van der Waals surface area contributed by atoms with Crippen LogP contribution >= 0.6 is 0 Å². The van der Waals surface area contributed by atoms with E-state index in [0.29, 0.717) is 25.2 Å². The Hall–Kier alpha value is -1.01. The van der Waals surface area contributed by atoms with E-state index < -0.39 is 6.10 Å². The minimum atomic E-state index is -0.403. The van der Waals surface area contributed by atoms with Crippen LogP contribution in [0.4, 0.5) is 4.39 Å². The zero-order valence-electron chi connectivity index (χ0n) is 14.5. The van der Waals surface area contributed by atoms with Gasteiger partial charge in [-0.25, -0.2) is 4.39 Å². The molecule has 2 aliphatic rings. The molecule has 2 N–H and O–H groups in total. The molecule has 4 nitrogen and oxygen atoms in total. The van der Waals surface area contributed by atoms with Gasteiger partial charge in [-0.15, -0.1) is 0 Å². The van der Waals surface area contributed by atoms with Crippen LogP contribution in [0.2, 0.25) is 0 Å². The number of rotatable bonds is 6. The number of likely N-dealkylation sites (tertiary alicyclic amines) is 1. The Morgan fingerprint density at radius 3 is 2.88 bits per heavy atom. The largest absolute Gasteiger partial charge is 0.389 e. The lowest BCUT2D eigenvalue weighted by atomic mass is 9.86. The number of nitrogens with zero attached hydrogens (tertiary/aromatic N) is 1. The Morgan fingerprint density at radius 1 is 1.33 bits per heavy atom. The lowest BCUT2D eigenvalue weighted by Crippen LogP contribution is -2.46. The molecule has 0 spiro atoms. The van der Waals surface area contributed by atoms with Crippen molar-refractivity contribution in [3.8, 4) is 0 Å². The van der Waals surface area contributed by atoms with Gasteiger partial charge in [-0.05, 0) is 68.5 Å². The molecule has 1 aromatic rings. The monoisotopic (exact) mass is 336 g/mol. The molecule has 0 bridgehead atoms. The summed E-state index contributed by atoms with van der Waals surface area (Å²) < 4.78 is 18.4. The van der Waals surface area contributed by atoms with Crippen LogP contribution in [0, 0.1) is 5.82 Å². The number of hydrogen-bond donors (Lipinski definition) is 2. The third kappa shape index (κ3) is 4.54. The summed E-state index contributed by atoms with van der Waals surface area (Å²) in [5.74, 6) is -0.127. The number of nitrogens with one attached hydrogen (secondary N) is 1. The number of piperidine rings is 1.